The van der Waals surface area contributed by atoms with Gasteiger partial charge in [0.2, 0.25) is 6.79 Å². The van der Waals surface area contributed by atoms with Crippen molar-refractivity contribution in [2.45, 2.75) is 0 Å². The van der Waals surface area contributed by atoms with Crippen molar-refractivity contribution in [2.75, 3.05) is 6.79 Å². The van der Waals surface area contributed by atoms with Gasteiger partial charge in [0.05, 0.1) is 0 Å². The Morgan fingerprint density at radius 3 is 3.06 bits per heavy atom. The SMILES string of the molecule is O=Cc1snnc1-c1ccc2c(c1)OCO2. The summed E-state index contributed by atoms with van der Waals surface area (Å²) in [6.45, 7) is 0.231. The second-order valence-corrected chi connectivity index (χ2v) is 3.96. The number of carbonyl (C=O) groups excluding carboxylic acids is 1. The molecular formula is C10H6N2O3S. The van der Waals surface area contributed by atoms with Crippen molar-refractivity contribution in [3.05, 3.63) is 23.1 Å². The Morgan fingerprint density at radius 2 is 2.19 bits per heavy atom. The summed E-state index contributed by atoms with van der Waals surface area (Å²) in [5.41, 5.74) is 1.39. The van der Waals surface area contributed by atoms with Gasteiger partial charge in [0.15, 0.2) is 17.8 Å². The Balaban J connectivity index is 2.10. The minimum absolute atomic E-state index is 0.231. The molecule has 80 valence electrons. The molecule has 1 aromatic heterocycles. The van der Waals surface area contributed by atoms with E-state index in [1.165, 1.54) is 0 Å². The molecule has 0 bridgehead atoms. The fourth-order valence-electron chi connectivity index (χ4n) is 1.52. The first-order valence-corrected chi connectivity index (χ1v) is 5.33. The second-order valence-electron chi connectivity index (χ2n) is 3.17. The third kappa shape index (κ3) is 1.35. The van der Waals surface area contributed by atoms with Crippen LogP contribution in [-0.4, -0.2) is 22.7 Å². The fraction of sp³-hybridized carbons (Fsp3) is 0.100. The van der Waals surface area contributed by atoms with Crippen molar-refractivity contribution in [1.82, 2.24) is 9.59 Å². The van der Waals surface area contributed by atoms with Crippen molar-refractivity contribution in [3.63, 3.8) is 0 Å². The summed E-state index contributed by atoms with van der Waals surface area (Å²) >= 11 is 1.08. The van der Waals surface area contributed by atoms with Gasteiger partial charge in [0.25, 0.3) is 0 Å². The number of hydrogen-bond donors (Lipinski definition) is 0. The lowest BCUT2D eigenvalue weighted by molar-refractivity contribution is 0.112. The van der Waals surface area contributed by atoms with Crippen molar-refractivity contribution >= 4 is 17.8 Å². The van der Waals surface area contributed by atoms with Gasteiger partial charge in [-0.3, -0.25) is 4.79 Å². The molecule has 0 saturated carbocycles. The van der Waals surface area contributed by atoms with Crippen LogP contribution in [0.5, 0.6) is 11.5 Å². The second kappa shape index (κ2) is 3.57. The molecule has 6 heteroatoms. The zero-order chi connectivity index (χ0) is 11.0. The number of ether oxygens (including phenoxy) is 2. The molecule has 0 aliphatic carbocycles. The molecule has 0 fully saturated rings. The summed E-state index contributed by atoms with van der Waals surface area (Å²) in [4.78, 5) is 11.3. The number of fused-ring (bicyclic) bond motifs is 1. The largest absolute Gasteiger partial charge is 0.454 e. The molecule has 1 aromatic carbocycles. The zero-order valence-corrected chi connectivity index (χ0v) is 8.86. The topological polar surface area (TPSA) is 61.3 Å². The summed E-state index contributed by atoms with van der Waals surface area (Å²) in [5.74, 6) is 1.38. The van der Waals surface area contributed by atoms with Gasteiger partial charge < -0.3 is 9.47 Å². The van der Waals surface area contributed by atoms with Crippen LogP contribution in [0.3, 0.4) is 0 Å². The number of nitrogens with zero attached hydrogens (tertiary/aromatic N) is 2. The third-order valence-corrected chi connectivity index (χ3v) is 2.92. The van der Waals surface area contributed by atoms with Crippen LogP contribution in [0.1, 0.15) is 9.67 Å². The highest BCUT2D eigenvalue weighted by Crippen LogP contribution is 2.36. The van der Waals surface area contributed by atoms with Gasteiger partial charge in [-0.15, -0.1) is 5.10 Å². The molecule has 0 unspecified atom stereocenters. The Hall–Kier alpha value is -1.95. The lowest BCUT2D eigenvalue weighted by Crippen LogP contribution is -1.92. The van der Waals surface area contributed by atoms with Crippen LogP contribution in [0, 0.1) is 0 Å². The number of carbonyl (C=O) groups is 1. The number of aldehydes is 1. The van der Waals surface area contributed by atoms with Crippen molar-refractivity contribution in [3.8, 4) is 22.8 Å². The summed E-state index contributed by atoms with van der Waals surface area (Å²) in [6, 6.07) is 5.43. The molecular weight excluding hydrogens is 228 g/mol. The summed E-state index contributed by atoms with van der Waals surface area (Å²) in [6.07, 6.45) is 0.755. The van der Waals surface area contributed by atoms with E-state index in [1.807, 2.05) is 6.07 Å². The lowest BCUT2D eigenvalue weighted by Gasteiger charge is -1.99. The molecule has 0 amide bonds. The molecule has 3 rings (SSSR count). The van der Waals surface area contributed by atoms with E-state index >= 15 is 0 Å². The van der Waals surface area contributed by atoms with E-state index in [-0.39, 0.29) is 6.79 Å². The molecule has 0 spiro atoms. The van der Waals surface area contributed by atoms with E-state index in [0.29, 0.717) is 22.1 Å². The van der Waals surface area contributed by atoms with Crippen molar-refractivity contribution in [2.24, 2.45) is 0 Å². The molecule has 0 saturated heterocycles. The van der Waals surface area contributed by atoms with Gasteiger partial charge in [-0.2, -0.15) is 0 Å². The Labute approximate surface area is 94.8 Å². The molecule has 2 aromatic rings. The Morgan fingerprint density at radius 1 is 1.31 bits per heavy atom. The quantitative estimate of drug-likeness (QED) is 0.741. The minimum atomic E-state index is 0.231. The predicted molar refractivity (Wildman–Crippen MR) is 56.9 cm³/mol. The minimum Gasteiger partial charge on any atom is -0.454 e. The van der Waals surface area contributed by atoms with Crippen LogP contribution in [0.15, 0.2) is 18.2 Å². The molecule has 5 nitrogen and oxygen atoms in total. The molecule has 0 N–H and O–H groups in total. The molecule has 2 heterocycles. The first kappa shape index (κ1) is 9.29. The zero-order valence-electron chi connectivity index (χ0n) is 8.04. The van der Waals surface area contributed by atoms with Gasteiger partial charge in [0, 0.05) is 5.56 Å². The van der Waals surface area contributed by atoms with E-state index in [1.54, 1.807) is 12.1 Å². The summed E-state index contributed by atoms with van der Waals surface area (Å²) in [7, 11) is 0. The van der Waals surface area contributed by atoms with Gasteiger partial charge in [-0.25, -0.2) is 0 Å². The highest BCUT2D eigenvalue weighted by atomic mass is 32.1. The number of benzene rings is 1. The Kier molecular flexibility index (Phi) is 2.07. The van der Waals surface area contributed by atoms with Gasteiger partial charge in [0.1, 0.15) is 10.6 Å². The summed E-state index contributed by atoms with van der Waals surface area (Å²) in [5, 5.41) is 3.92. The fourth-order valence-corrected chi connectivity index (χ4v) is 2.02. The molecule has 0 radical (unpaired) electrons. The van der Waals surface area contributed by atoms with Crippen LogP contribution >= 0.6 is 11.5 Å². The maximum absolute atomic E-state index is 10.8. The van der Waals surface area contributed by atoms with E-state index in [0.717, 1.165) is 23.4 Å². The molecule has 16 heavy (non-hydrogen) atoms. The summed E-state index contributed by atoms with van der Waals surface area (Å²) < 4.78 is 14.2. The normalized spacial score (nSPS) is 12.8. The van der Waals surface area contributed by atoms with Gasteiger partial charge in [-0.1, -0.05) is 4.49 Å². The standard InChI is InChI=1S/C10H6N2O3S/c13-4-9-10(11-12-16-9)6-1-2-7-8(3-6)15-5-14-7/h1-4H,5H2. The third-order valence-electron chi connectivity index (χ3n) is 2.27. The molecule has 1 aliphatic rings. The van der Waals surface area contributed by atoms with Gasteiger partial charge >= 0.3 is 0 Å². The average Bonchev–Trinajstić information content (AvgIpc) is 2.96. The van der Waals surface area contributed by atoms with Gasteiger partial charge in [-0.05, 0) is 29.7 Å². The van der Waals surface area contributed by atoms with E-state index in [2.05, 4.69) is 9.59 Å². The maximum atomic E-state index is 10.8. The monoisotopic (exact) mass is 234 g/mol. The lowest BCUT2D eigenvalue weighted by atomic mass is 10.1. The van der Waals surface area contributed by atoms with Crippen LogP contribution in [0.25, 0.3) is 11.3 Å². The van der Waals surface area contributed by atoms with E-state index in [9.17, 15) is 4.79 Å². The molecule has 1 aliphatic heterocycles. The van der Waals surface area contributed by atoms with Crippen LogP contribution in [0.2, 0.25) is 0 Å². The van der Waals surface area contributed by atoms with Crippen LogP contribution < -0.4 is 9.47 Å². The first-order chi connectivity index (χ1) is 7.88. The smallest absolute Gasteiger partial charge is 0.231 e. The molecule has 0 atom stereocenters. The highest BCUT2D eigenvalue weighted by Gasteiger charge is 2.16. The highest BCUT2D eigenvalue weighted by molar-refractivity contribution is 7.07. The van der Waals surface area contributed by atoms with E-state index in [4.69, 9.17) is 9.47 Å². The number of rotatable bonds is 2. The number of aromatic nitrogens is 2. The average molecular weight is 234 g/mol. The van der Waals surface area contributed by atoms with E-state index < -0.39 is 0 Å². The number of hydrogen-bond acceptors (Lipinski definition) is 6. The predicted octanol–water partition coefficient (Wildman–Crippen LogP) is 1.75. The maximum Gasteiger partial charge on any atom is 0.231 e. The van der Waals surface area contributed by atoms with Crippen LogP contribution in [0.4, 0.5) is 0 Å². The Bertz CT molecular complexity index is 553. The first-order valence-electron chi connectivity index (χ1n) is 4.56. The van der Waals surface area contributed by atoms with Crippen LogP contribution in [-0.2, 0) is 0 Å². The van der Waals surface area contributed by atoms with Crippen molar-refractivity contribution < 1.29 is 14.3 Å². The van der Waals surface area contributed by atoms with Crippen molar-refractivity contribution in [1.29, 1.82) is 0 Å².